The zero-order chi connectivity index (χ0) is 20.7. The highest BCUT2D eigenvalue weighted by Crippen LogP contribution is 2.31. The number of ether oxygens (including phenoxy) is 6. The molecule has 1 aromatic rings. The number of carbonyl (C=O) groups is 1. The zero-order valence-corrected chi connectivity index (χ0v) is 17.1. The van der Waals surface area contributed by atoms with E-state index >= 15 is 0 Å². The second-order valence-corrected chi connectivity index (χ2v) is 6.58. The van der Waals surface area contributed by atoms with Gasteiger partial charge in [-0.05, 0) is 0 Å². The minimum absolute atomic E-state index is 0.0294. The third-order valence-corrected chi connectivity index (χ3v) is 4.04. The number of aromatic nitrogens is 1. The van der Waals surface area contributed by atoms with Crippen molar-refractivity contribution in [2.75, 3.05) is 73.2 Å². The predicted octanol–water partition coefficient (Wildman–Crippen LogP) is 2.14. The van der Waals surface area contributed by atoms with Gasteiger partial charge in [-0.25, -0.2) is 9.78 Å². The number of alkyl halides is 2. The summed E-state index contributed by atoms with van der Waals surface area (Å²) >= 11 is 6.30. The van der Waals surface area contributed by atoms with Crippen molar-refractivity contribution in [3.05, 3.63) is 15.5 Å². The van der Waals surface area contributed by atoms with Crippen molar-refractivity contribution in [2.24, 2.45) is 0 Å². The van der Waals surface area contributed by atoms with Crippen molar-refractivity contribution in [1.29, 1.82) is 0 Å². The van der Waals surface area contributed by atoms with E-state index in [1.165, 1.54) is 0 Å². The van der Waals surface area contributed by atoms with Crippen molar-refractivity contribution in [3.63, 3.8) is 0 Å². The number of hydrogen-bond donors (Lipinski definition) is 0. The van der Waals surface area contributed by atoms with Gasteiger partial charge in [-0.15, -0.1) is 11.3 Å². The van der Waals surface area contributed by atoms with Crippen LogP contribution in [0.3, 0.4) is 0 Å². The van der Waals surface area contributed by atoms with Crippen LogP contribution in [0.1, 0.15) is 5.69 Å². The van der Waals surface area contributed by atoms with Crippen molar-refractivity contribution >= 4 is 28.9 Å². The Hall–Kier alpha value is -0.950. The number of rotatable bonds is 17. The van der Waals surface area contributed by atoms with Crippen LogP contribution >= 0.6 is 22.9 Å². The number of nitrogens with zero attached hydrogens (tertiary/aromatic N) is 1. The number of esters is 1. The fourth-order valence-electron chi connectivity index (χ4n) is 1.69. The van der Waals surface area contributed by atoms with Crippen LogP contribution in [0.2, 0.25) is 4.47 Å². The quantitative estimate of drug-likeness (QED) is 0.265. The van der Waals surface area contributed by atoms with Crippen LogP contribution in [-0.4, -0.2) is 84.1 Å². The van der Waals surface area contributed by atoms with Gasteiger partial charge >= 0.3 is 11.9 Å². The van der Waals surface area contributed by atoms with Gasteiger partial charge in [0.15, 0.2) is 4.47 Å². The van der Waals surface area contributed by atoms with E-state index < -0.39 is 17.6 Å². The second kappa shape index (κ2) is 15.0. The van der Waals surface area contributed by atoms with Crippen LogP contribution in [-0.2, 0) is 39.1 Å². The number of thiazole rings is 1. The molecule has 28 heavy (non-hydrogen) atoms. The number of halogens is 3. The summed E-state index contributed by atoms with van der Waals surface area (Å²) in [5.74, 6) is -5.54. The van der Waals surface area contributed by atoms with E-state index in [1.807, 2.05) is 0 Å². The molecule has 0 bridgehead atoms. The lowest BCUT2D eigenvalue weighted by atomic mass is 10.3. The van der Waals surface area contributed by atoms with E-state index in [2.05, 4.69) is 9.72 Å². The first kappa shape index (κ1) is 25.1. The lowest BCUT2D eigenvalue weighted by Crippen LogP contribution is -2.29. The van der Waals surface area contributed by atoms with Gasteiger partial charge < -0.3 is 28.4 Å². The summed E-state index contributed by atoms with van der Waals surface area (Å²) in [6, 6.07) is 0. The molecule has 0 saturated heterocycles. The highest BCUT2D eigenvalue weighted by Gasteiger charge is 2.45. The molecule has 12 heteroatoms. The fourth-order valence-corrected chi connectivity index (χ4v) is 2.47. The van der Waals surface area contributed by atoms with Crippen LogP contribution in [0.4, 0.5) is 8.78 Å². The SMILES string of the molecule is COCCOCCOCCOCCOCCOC(=O)C(F)(F)c1csc(Cl)n1. The summed E-state index contributed by atoms with van der Waals surface area (Å²) in [4.78, 5) is 14.8. The van der Waals surface area contributed by atoms with E-state index in [9.17, 15) is 13.6 Å². The van der Waals surface area contributed by atoms with Gasteiger partial charge in [0, 0.05) is 12.5 Å². The summed E-state index contributed by atoms with van der Waals surface area (Å²) in [5.41, 5.74) is -0.731. The van der Waals surface area contributed by atoms with Gasteiger partial charge in [0.2, 0.25) is 0 Å². The lowest BCUT2D eigenvalue weighted by Gasteiger charge is -2.13. The smallest absolute Gasteiger partial charge is 0.385 e. The van der Waals surface area contributed by atoms with Gasteiger partial charge in [0.25, 0.3) is 0 Å². The van der Waals surface area contributed by atoms with E-state index in [0.29, 0.717) is 46.2 Å². The third-order valence-electron chi connectivity index (χ3n) is 3.06. The third kappa shape index (κ3) is 10.6. The molecule has 1 aromatic heterocycles. The molecule has 0 unspecified atom stereocenters. The second-order valence-electron chi connectivity index (χ2n) is 5.14. The van der Waals surface area contributed by atoms with Gasteiger partial charge in [-0.1, -0.05) is 11.6 Å². The Bertz CT molecular complexity index is 551. The summed E-state index contributed by atoms with van der Waals surface area (Å²) in [5, 5.41) is 1.01. The molecular weight excluding hydrogens is 424 g/mol. The van der Waals surface area contributed by atoms with Gasteiger partial charge in [0.1, 0.15) is 12.3 Å². The van der Waals surface area contributed by atoms with Gasteiger partial charge in [-0.2, -0.15) is 8.78 Å². The first-order chi connectivity index (χ1) is 13.5. The van der Waals surface area contributed by atoms with Crippen molar-refractivity contribution in [2.45, 2.75) is 5.92 Å². The summed E-state index contributed by atoms with van der Waals surface area (Å²) in [6.45, 7) is 3.03. The molecule has 0 fully saturated rings. The molecule has 1 heterocycles. The Morgan fingerprint density at radius 3 is 1.86 bits per heavy atom. The molecule has 0 saturated carbocycles. The lowest BCUT2D eigenvalue weighted by molar-refractivity contribution is -0.175. The molecule has 0 aliphatic carbocycles. The van der Waals surface area contributed by atoms with Crippen LogP contribution < -0.4 is 0 Å². The Morgan fingerprint density at radius 2 is 1.43 bits per heavy atom. The normalized spacial score (nSPS) is 11.7. The van der Waals surface area contributed by atoms with E-state index in [0.717, 1.165) is 16.7 Å². The Morgan fingerprint density at radius 1 is 0.964 bits per heavy atom. The molecule has 0 aromatic carbocycles. The maximum absolute atomic E-state index is 13.8. The van der Waals surface area contributed by atoms with Crippen LogP contribution in [0.25, 0.3) is 0 Å². The van der Waals surface area contributed by atoms with Crippen molar-refractivity contribution < 1.29 is 42.0 Å². The first-order valence-corrected chi connectivity index (χ1v) is 9.70. The number of carbonyl (C=O) groups excluding carboxylic acids is 1. The minimum atomic E-state index is -3.85. The van der Waals surface area contributed by atoms with Crippen LogP contribution in [0.5, 0.6) is 0 Å². The van der Waals surface area contributed by atoms with Crippen LogP contribution in [0, 0.1) is 0 Å². The largest absolute Gasteiger partial charge is 0.458 e. The molecule has 0 aliphatic rings. The van der Waals surface area contributed by atoms with Crippen LogP contribution in [0.15, 0.2) is 5.38 Å². The standard InChI is InChI=1S/C16H24ClF2NO7S/c1-22-2-3-23-4-5-24-6-7-25-8-9-26-10-11-27-14(21)16(18,19)13-12-28-15(17)20-13/h12H,2-11H2,1H3. The minimum Gasteiger partial charge on any atom is -0.458 e. The molecule has 0 atom stereocenters. The summed E-state index contributed by atoms with van der Waals surface area (Å²) in [6.07, 6.45) is 0. The van der Waals surface area contributed by atoms with Gasteiger partial charge in [-0.3, -0.25) is 0 Å². The van der Waals surface area contributed by atoms with Crippen molar-refractivity contribution in [1.82, 2.24) is 4.98 Å². The number of methoxy groups -OCH3 is 1. The molecule has 162 valence electrons. The highest BCUT2D eigenvalue weighted by atomic mass is 35.5. The summed E-state index contributed by atoms with van der Waals surface area (Å²) < 4.78 is 57.7. The Kier molecular flexibility index (Phi) is 13.4. The van der Waals surface area contributed by atoms with E-state index in [4.69, 9.17) is 35.3 Å². The highest BCUT2D eigenvalue weighted by molar-refractivity contribution is 7.14. The average molecular weight is 448 g/mol. The Labute approximate surface area is 171 Å². The zero-order valence-electron chi connectivity index (χ0n) is 15.5. The van der Waals surface area contributed by atoms with Crippen molar-refractivity contribution in [3.8, 4) is 0 Å². The molecular formula is C16H24ClF2NO7S. The number of hydrogen-bond acceptors (Lipinski definition) is 9. The van der Waals surface area contributed by atoms with E-state index in [1.54, 1.807) is 7.11 Å². The molecule has 1 rings (SSSR count). The monoisotopic (exact) mass is 447 g/mol. The molecule has 8 nitrogen and oxygen atoms in total. The molecule has 0 aliphatic heterocycles. The Balaban J connectivity index is 1.92. The molecule has 0 N–H and O–H groups in total. The summed E-state index contributed by atoms with van der Waals surface area (Å²) in [7, 11) is 1.60. The van der Waals surface area contributed by atoms with Gasteiger partial charge in [0.05, 0.1) is 59.5 Å². The maximum atomic E-state index is 13.8. The fraction of sp³-hybridized carbons (Fsp3) is 0.750. The molecule has 0 spiro atoms. The first-order valence-electron chi connectivity index (χ1n) is 8.45. The topological polar surface area (TPSA) is 85.3 Å². The molecule has 0 radical (unpaired) electrons. The van der Waals surface area contributed by atoms with E-state index in [-0.39, 0.29) is 24.3 Å². The maximum Gasteiger partial charge on any atom is 0.385 e. The predicted molar refractivity (Wildman–Crippen MR) is 97.1 cm³/mol. The average Bonchev–Trinajstić information content (AvgIpc) is 3.12. The molecule has 0 amide bonds.